The summed E-state index contributed by atoms with van der Waals surface area (Å²) in [6.45, 7) is 0. The third-order valence-electron chi connectivity index (χ3n) is 4.01. The smallest absolute Gasteiger partial charge is 0.203 e. The fraction of sp³-hybridized carbons (Fsp3) is 0.0909. The molecule has 116 valence electrons. The molecule has 2 nitrogen and oxygen atoms in total. The topological polar surface area (TPSA) is 34.1 Å². The molecule has 0 saturated heterocycles. The SMILES string of the molecule is O=[C]Cc1ccc(-c2ccc(-c3ccc(C[C]=O)cc3)cc2)cc1. The molecule has 0 N–H and O–H groups in total. The van der Waals surface area contributed by atoms with Gasteiger partial charge in [-0.25, -0.2) is 0 Å². The Labute approximate surface area is 141 Å². The van der Waals surface area contributed by atoms with Gasteiger partial charge >= 0.3 is 0 Å². The van der Waals surface area contributed by atoms with Crippen molar-refractivity contribution < 1.29 is 9.59 Å². The zero-order chi connectivity index (χ0) is 16.8. The van der Waals surface area contributed by atoms with Crippen molar-refractivity contribution in [2.75, 3.05) is 0 Å². The molecule has 2 heteroatoms. The molecule has 2 radical (unpaired) electrons. The average molecular weight is 312 g/mol. The van der Waals surface area contributed by atoms with E-state index in [0.29, 0.717) is 12.8 Å². The Morgan fingerprint density at radius 3 is 0.958 bits per heavy atom. The van der Waals surface area contributed by atoms with E-state index < -0.39 is 0 Å². The number of hydrogen-bond acceptors (Lipinski definition) is 2. The molecule has 0 bridgehead atoms. The lowest BCUT2D eigenvalue weighted by Gasteiger charge is -2.06. The first-order valence-corrected chi connectivity index (χ1v) is 7.79. The summed E-state index contributed by atoms with van der Waals surface area (Å²) in [5.74, 6) is 0. The quantitative estimate of drug-likeness (QED) is 0.679. The van der Waals surface area contributed by atoms with Crippen LogP contribution in [0.1, 0.15) is 11.1 Å². The molecule has 0 amide bonds. The van der Waals surface area contributed by atoms with Crippen molar-refractivity contribution in [1.82, 2.24) is 0 Å². The lowest BCUT2D eigenvalue weighted by molar-refractivity contribution is 0.554. The zero-order valence-electron chi connectivity index (χ0n) is 13.2. The summed E-state index contributed by atoms with van der Waals surface area (Å²) in [6, 6.07) is 24.2. The highest BCUT2D eigenvalue weighted by Crippen LogP contribution is 2.25. The summed E-state index contributed by atoms with van der Waals surface area (Å²) in [4.78, 5) is 20.8. The Balaban J connectivity index is 1.79. The molecular weight excluding hydrogens is 296 g/mol. The van der Waals surface area contributed by atoms with Gasteiger partial charge in [0.05, 0.1) is 0 Å². The van der Waals surface area contributed by atoms with E-state index in [9.17, 15) is 9.59 Å². The maximum atomic E-state index is 10.4. The molecular formula is C22H16O2. The molecule has 0 aliphatic carbocycles. The minimum Gasteiger partial charge on any atom is -0.291 e. The summed E-state index contributed by atoms with van der Waals surface area (Å²) in [7, 11) is 0. The van der Waals surface area contributed by atoms with Crippen LogP contribution in [0.3, 0.4) is 0 Å². The molecule has 0 atom stereocenters. The third kappa shape index (κ3) is 3.66. The molecule has 0 heterocycles. The second kappa shape index (κ2) is 7.51. The minimum absolute atomic E-state index is 0.330. The van der Waals surface area contributed by atoms with Crippen molar-refractivity contribution >= 4 is 12.6 Å². The molecule has 24 heavy (non-hydrogen) atoms. The van der Waals surface area contributed by atoms with Crippen LogP contribution in [0.2, 0.25) is 0 Å². The van der Waals surface area contributed by atoms with Crippen LogP contribution in [0.5, 0.6) is 0 Å². The number of carbonyl (C=O) groups excluding carboxylic acids is 2. The van der Waals surface area contributed by atoms with Crippen molar-refractivity contribution in [3.63, 3.8) is 0 Å². The van der Waals surface area contributed by atoms with Crippen molar-refractivity contribution in [3.8, 4) is 22.3 Å². The molecule has 0 aliphatic rings. The van der Waals surface area contributed by atoms with Crippen molar-refractivity contribution in [2.24, 2.45) is 0 Å². The van der Waals surface area contributed by atoms with Crippen molar-refractivity contribution in [3.05, 3.63) is 83.9 Å². The fourth-order valence-corrected chi connectivity index (χ4v) is 2.65. The Morgan fingerprint density at radius 2 is 0.708 bits per heavy atom. The van der Waals surface area contributed by atoms with E-state index >= 15 is 0 Å². The summed E-state index contributed by atoms with van der Waals surface area (Å²) < 4.78 is 0. The zero-order valence-corrected chi connectivity index (χ0v) is 13.2. The average Bonchev–Trinajstić information content (AvgIpc) is 2.64. The highest BCUT2D eigenvalue weighted by Gasteiger charge is 2.02. The van der Waals surface area contributed by atoms with Gasteiger partial charge in [0.1, 0.15) is 0 Å². The first kappa shape index (κ1) is 15.9. The van der Waals surface area contributed by atoms with Gasteiger partial charge in [0.15, 0.2) is 0 Å². The molecule has 3 rings (SSSR count). The number of benzene rings is 3. The summed E-state index contributed by atoms with van der Waals surface area (Å²) in [6.07, 6.45) is 4.48. The van der Waals surface area contributed by atoms with Gasteiger partial charge in [-0.15, -0.1) is 0 Å². The number of rotatable bonds is 6. The highest BCUT2D eigenvalue weighted by molar-refractivity contribution is 5.71. The van der Waals surface area contributed by atoms with E-state index in [0.717, 1.165) is 33.4 Å². The van der Waals surface area contributed by atoms with Gasteiger partial charge in [-0.1, -0.05) is 72.8 Å². The minimum atomic E-state index is 0.330. The Hall–Kier alpha value is -3.00. The van der Waals surface area contributed by atoms with E-state index in [1.165, 1.54) is 0 Å². The standard InChI is InChI=1S/C22H16O2/c23-15-13-17-1-5-19(6-2-17)21-9-11-22(12-10-21)20-7-3-18(4-8-20)14-16-24/h1-12H,13-14H2. The van der Waals surface area contributed by atoms with Gasteiger partial charge in [0.25, 0.3) is 0 Å². The first-order valence-electron chi connectivity index (χ1n) is 7.79. The monoisotopic (exact) mass is 312 g/mol. The van der Waals surface area contributed by atoms with Crippen LogP contribution >= 0.6 is 0 Å². The molecule has 3 aromatic carbocycles. The Morgan fingerprint density at radius 1 is 0.458 bits per heavy atom. The number of hydrogen-bond donors (Lipinski definition) is 0. The van der Waals surface area contributed by atoms with E-state index in [4.69, 9.17) is 0 Å². The molecule has 0 spiro atoms. The first-order chi connectivity index (χ1) is 11.8. The predicted octanol–water partition coefficient (Wildman–Crippen LogP) is 4.33. The lowest BCUT2D eigenvalue weighted by Crippen LogP contribution is -1.87. The summed E-state index contributed by atoms with van der Waals surface area (Å²) in [5, 5.41) is 0. The van der Waals surface area contributed by atoms with Crippen LogP contribution in [0.15, 0.2) is 72.8 Å². The van der Waals surface area contributed by atoms with Gasteiger partial charge < -0.3 is 0 Å². The van der Waals surface area contributed by atoms with Gasteiger partial charge in [-0.2, -0.15) is 0 Å². The van der Waals surface area contributed by atoms with Gasteiger partial charge in [-0.3, -0.25) is 9.59 Å². The van der Waals surface area contributed by atoms with Crippen LogP contribution in [0, 0.1) is 0 Å². The highest BCUT2D eigenvalue weighted by atomic mass is 16.1. The maximum absolute atomic E-state index is 10.4. The van der Waals surface area contributed by atoms with Gasteiger partial charge in [-0.05, 0) is 33.4 Å². The fourth-order valence-electron chi connectivity index (χ4n) is 2.65. The van der Waals surface area contributed by atoms with E-state index in [2.05, 4.69) is 24.3 Å². The molecule has 0 saturated carbocycles. The van der Waals surface area contributed by atoms with E-state index in [-0.39, 0.29) is 0 Å². The third-order valence-corrected chi connectivity index (χ3v) is 4.01. The molecule has 3 aromatic rings. The normalized spacial score (nSPS) is 10.3. The van der Waals surface area contributed by atoms with Crippen LogP contribution in [0.4, 0.5) is 0 Å². The second-order valence-electron chi connectivity index (χ2n) is 5.61. The Bertz CT molecular complexity index is 741. The van der Waals surface area contributed by atoms with Crippen molar-refractivity contribution in [2.45, 2.75) is 12.8 Å². The lowest BCUT2D eigenvalue weighted by atomic mass is 9.98. The van der Waals surface area contributed by atoms with Gasteiger partial charge in [0.2, 0.25) is 12.6 Å². The molecule has 0 fully saturated rings. The summed E-state index contributed by atoms with van der Waals surface area (Å²) >= 11 is 0. The van der Waals surface area contributed by atoms with Crippen LogP contribution in [0.25, 0.3) is 22.3 Å². The van der Waals surface area contributed by atoms with Crippen molar-refractivity contribution in [1.29, 1.82) is 0 Å². The molecule has 0 aliphatic heterocycles. The van der Waals surface area contributed by atoms with Crippen LogP contribution in [-0.4, -0.2) is 12.6 Å². The predicted molar refractivity (Wildman–Crippen MR) is 96.1 cm³/mol. The Kier molecular flexibility index (Phi) is 4.97. The maximum Gasteiger partial charge on any atom is 0.203 e. The largest absolute Gasteiger partial charge is 0.291 e. The van der Waals surface area contributed by atoms with E-state index in [1.807, 2.05) is 61.1 Å². The molecule has 0 aromatic heterocycles. The second-order valence-corrected chi connectivity index (χ2v) is 5.61. The van der Waals surface area contributed by atoms with Gasteiger partial charge in [0, 0.05) is 12.8 Å². The van der Waals surface area contributed by atoms with Crippen LogP contribution in [-0.2, 0) is 22.4 Å². The summed E-state index contributed by atoms with van der Waals surface area (Å²) in [5.41, 5.74) is 6.44. The van der Waals surface area contributed by atoms with Crippen LogP contribution < -0.4 is 0 Å². The molecule has 0 unspecified atom stereocenters. The van der Waals surface area contributed by atoms with E-state index in [1.54, 1.807) is 0 Å².